The summed E-state index contributed by atoms with van der Waals surface area (Å²) >= 11 is 3.22. The van der Waals surface area contributed by atoms with Crippen molar-refractivity contribution in [3.8, 4) is 0 Å². The molecule has 0 saturated heterocycles. The van der Waals surface area contributed by atoms with Gasteiger partial charge in [0.2, 0.25) is 0 Å². The molecule has 17 heavy (non-hydrogen) atoms. The van der Waals surface area contributed by atoms with Gasteiger partial charge in [-0.2, -0.15) is 0 Å². The fraction of sp³-hybridized carbons (Fsp3) is 0.462. The average molecular weight is 302 g/mol. The molecule has 0 aliphatic heterocycles. The largest absolute Gasteiger partial charge is 0.352 e. The van der Waals surface area contributed by atoms with Crippen molar-refractivity contribution in [2.75, 3.05) is 6.54 Å². The number of hydrogen-bond acceptors (Lipinski definition) is 1. The summed E-state index contributed by atoms with van der Waals surface area (Å²) in [5.74, 6) is -0.225. The average Bonchev–Trinajstić information content (AvgIpc) is 2.27. The van der Waals surface area contributed by atoms with Crippen molar-refractivity contribution in [2.24, 2.45) is 5.92 Å². The van der Waals surface area contributed by atoms with Crippen LogP contribution in [0.3, 0.4) is 0 Å². The highest BCUT2D eigenvalue weighted by molar-refractivity contribution is 9.10. The first-order valence-corrected chi connectivity index (χ1v) is 6.53. The summed E-state index contributed by atoms with van der Waals surface area (Å²) in [6.07, 6.45) is 1.97. The maximum absolute atomic E-state index is 13.4. The quantitative estimate of drug-likeness (QED) is 0.825. The summed E-state index contributed by atoms with van der Waals surface area (Å²) in [5, 5.41) is 2.72. The second-order valence-corrected chi connectivity index (χ2v) is 5.33. The predicted octanol–water partition coefficient (Wildman–Crippen LogP) is 3.75. The molecule has 0 heterocycles. The van der Waals surface area contributed by atoms with E-state index in [-0.39, 0.29) is 11.5 Å². The van der Waals surface area contributed by atoms with Crippen LogP contribution in [0.1, 0.15) is 37.0 Å². The van der Waals surface area contributed by atoms with Crippen LogP contribution >= 0.6 is 15.9 Å². The molecular formula is C13H17BrFNO. The zero-order valence-electron chi connectivity index (χ0n) is 10.1. The van der Waals surface area contributed by atoms with Crippen molar-refractivity contribution < 1.29 is 9.18 Å². The van der Waals surface area contributed by atoms with Crippen LogP contribution < -0.4 is 5.32 Å². The number of benzene rings is 1. The van der Waals surface area contributed by atoms with Gasteiger partial charge in [-0.1, -0.05) is 29.8 Å². The Morgan fingerprint density at radius 3 is 2.82 bits per heavy atom. The number of carbonyl (C=O) groups is 1. The van der Waals surface area contributed by atoms with Crippen LogP contribution in [-0.2, 0) is 0 Å². The fourth-order valence-corrected chi connectivity index (χ4v) is 1.84. The Bertz CT molecular complexity index is 393. The van der Waals surface area contributed by atoms with E-state index in [2.05, 4.69) is 35.1 Å². The van der Waals surface area contributed by atoms with E-state index < -0.39 is 5.82 Å². The Morgan fingerprint density at radius 2 is 2.18 bits per heavy atom. The molecule has 0 fully saturated rings. The maximum atomic E-state index is 13.4. The van der Waals surface area contributed by atoms with Crippen molar-refractivity contribution in [1.29, 1.82) is 0 Å². The van der Waals surface area contributed by atoms with E-state index in [4.69, 9.17) is 0 Å². The molecule has 0 aliphatic rings. The van der Waals surface area contributed by atoms with Crippen molar-refractivity contribution in [2.45, 2.75) is 26.7 Å². The lowest BCUT2D eigenvalue weighted by molar-refractivity contribution is 0.0948. The summed E-state index contributed by atoms with van der Waals surface area (Å²) in [5.41, 5.74) is 0.0870. The maximum Gasteiger partial charge on any atom is 0.254 e. The van der Waals surface area contributed by atoms with Gasteiger partial charge < -0.3 is 5.32 Å². The molecule has 2 nitrogen and oxygen atoms in total. The van der Waals surface area contributed by atoms with Crippen LogP contribution in [0, 0.1) is 11.7 Å². The van der Waals surface area contributed by atoms with E-state index in [0.29, 0.717) is 16.9 Å². The summed E-state index contributed by atoms with van der Waals surface area (Å²) in [6.45, 7) is 4.86. The Hall–Kier alpha value is -0.900. The lowest BCUT2D eigenvalue weighted by atomic mass is 10.1. The summed E-state index contributed by atoms with van der Waals surface area (Å²) in [4.78, 5) is 11.7. The number of rotatable bonds is 5. The summed E-state index contributed by atoms with van der Waals surface area (Å²) < 4.78 is 14.1. The highest BCUT2D eigenvalue weighted by Gasteiger charge is 2.11. The molecule has 0 bridgehead atoms. The Kier molecular flexibility index (Phi) is 5.62. The number of hydrogen-bond donors (Lipinski definition) is 1. The molecule has 0 unspecified atom stereocenters. The number of halogens is 2. The first-order chi connectivity index (χ1) is 8.00. The Balaban J connectivity index is 2.49. The first kappa shape index (κ1) is 14.2. The van der Waals surface area contributed by atoms with E-state index >= 15 is 0 Å². The van der Waals surface area contributed by atoms with Gasteiger partial charge in [-0.25, -0.2) is 4.39 Å². The van der Waals surface area contributed by atoms with Crippen LogP contribution in [0.2, 0.25) is 0 Å². The van der Waals surface area contributed by atoms with Crippen LogP contribution in [0.15, 0.2) is 22.7 Å². The third kappa shape index (κ3) is 4.86. The van der Waals surface area contributed by atoms with E-state index in [1.807, 2.05) is 0 Å². The molecule has 1 amide bonds. The minimum Gasteiger partial charge on any atom is -0.352 e. The van der Waals surface area contributed by atoms with Gasteiger partial charge in [0.25, 0.3) is 5.91 Å². The van der Waals surface area contributed by atoms with Crippen LogP contribution in [0.5, 0.6) is 0 Å². The van der Waals surface area contributed by atoms with Gasteiger partial charge in [0, 0.05) is 11.0 Å². The van der Waals surface area contributed by atoms with Crippen molar-refractivity contribution >= 4 is 21.8 Å². The number of carbonyl (C=O) groups excluding carboxylic acids is 1. The Morgan fingerprint density at radius 1 is 1.47 bits per heavy atom. The van der Waals surface area contributed by atoms with Gasteiger partial charge >= 0.3 is 0 Å². The minimum absolute atomic E-state index is 0.0870. The monoisotopic (exact) mass is 301 g/mol. The predicted molar refractivity (Wildman–Crippen MR) is 70.5 cm³/mol. The Labute approximate surface area is 110 Å². The highest BCUT2D eigenvalue weighted by atomic mass is 79.9. The van der Waals surface area contributed by atoms with Gasteiger partial charge in [-0.05, 0) is 37.0 Å². The lowest BCUT2D eigenvalue weighted by Crippen LogP contribution is -2.25. The topological polar surface area (TPSA) is 29.1 Å². The summed E-state index contributed by atoms with van der Waals surface area (Å²) in [7, 11) is 0. The zero-order chi connectivity index (χ0) is 12.8. The second-order valence-electron chi connectivity index (χ2n) is 4.42. The standard InChI is InChI=1S/C13H17BrFNO/c1-9(2)4-3-7-16-13(17)11-8-10(14)5-6-12(11)15/h5-6,8-9H,3-4,7H2,1-2H3,(H,16,17). The molecule has 94 valence electrons. The molecule has 0 radical (unpaired) electrons. The van der Waals surface area contributed by atoms with E-state index in [1.165, 1.54) is 12.1 Å². The molecule has 1 aromatic rings. The van der Waals surface area contributed by atoms with Crippen LogP contribution in [-0.4, -0.2) is 12.5 Å². The molecule has 1 N–H and O–H groups in total. The second kappa shape index (κ2) is 6.74. The van der Waals surface area contributed by atoms with Gasteiger partial charge in [0.1, 0.15) is 5.82 Å². The summed E-state index contributed by atoms with van der Waals surface area (Å²) in [6, 6.07) is 4.35. The molecule has 4 heteroatoms. The molecule has 1 rings (SSSR count). The third-order valence-electron chi connectivity index (χ3n) is 2.42. The molecule has 0 aromatic heterocycles. The SMILES string of the molecule is CC(C)CCCNC(=O)c1cc(Br)ccc1F. The first-order valence-electron chi connectivity index (χ1n) is 5.74. The molecule has 0 atom stereocenters. The molecule has 0 spiro atoms. The smallest absolute Gasteiger partial charge is 0.254 e. The number of nitrogens with one attached hydrogen (secondary N) is 1. The number of amides is 1. The molecular weight excluding hydrogens is 285 g/mol. The van der Waals surface area contributed by atoms with Crippen LogP contribution in [0.4, 0.5) is 4.39 Å². The van der Waals surface area contributed by atoms with Crippen molar-refractivity contribution in [1.82, 2.24) is 5.32 Å². The molecule has 0 aliphatic carbocycles. The van der Waals surface area contributed by atoms with Gasteiger partial charge in [-0.3, -0.25) is 4.79 Å². The fourth-order valence-electron chi connectivity index (χ4n) is 1.48. The zero-order valence-corrected chi connectivity index (χ0v) is 11.7. The van der Waals surface area contributed by atoms with E-state index in [0.717, 1.165) is 12.8 Å². The van der Waals surface area contributed by atoms with Gasteiger partial charge in [0.15, 0.2) is 0 Å². The highest BCUT2D eigenvalue weighted by Crippen LogP contribution is 2.15. The lowest BCUT2D eigenvalue weighted by Gasteiger charge is -2.07. The van der Waals surface area contributed by atoms with E-state index in [1.54, 1.807) is 6.07 Å². The molecule has 1 aromatic carbocycles. The van der Waals surface area contributed by atoms with Crippen molar-refractivity contribution in [3.05, 3.63) is 34.1 Å². The van der Waals surface area contributed by atoms with Crippen LogP contribution in [0.25, 0.3) is 0 Å². The van der Waals surface area contributed by atoms with Crippen molar-refractivity contribution in [3.63, 3.8) is 0 Å². The van der Waals surface area contributed by atoms with Gasteiger partial charge in [0.05, 0.1) is 5.56 Å². The third-order valence-corrected chi connectivity index (χ3v) is 2.91. The van der Waals surface area contributed by atoms with Gasteiger partial charge in [-0.15, -0.1) is 0 Å². The normalized spacial score (nSPS) is 10.6. The van der Waals surface area contributed by atoms with E-state index in [9.17, 15) is 9.18 Å². The minimum atomic E-state index is -0.491. The molecule has 0 saturated carbocycles.